The second-order valence-corrected chi connectivity index (χ2v) is 7.58. The monoisotopic (exact) mass is 396 g/mol. The summed E-state index contributed by atoms with van der Waals surface area (Å²) in [6.07, 6.45) is 0. The first kappa shape index (κ1) is 17.8. The number of hydrogen-bond acceptors (Lipinski definition) is 5. The Hall–Kier alpha value is -2.57. The molecule has 0 spiro atoms. The lowest BCUT2D eigenvalue weighted by molar-refractivity contribution is 0.393. The maximum absolute atomic E-state index is 6.04. The molecule has 0 saturated carbocycles. The van der Waals surface area contributed by atoms with Crippen LogP contribution in [0.25, 0.3) is 17.1 Å². The molecule has 5 nitrogen and oxygen atoms in total. The van der Waals surface area contributed by atoms with E-state index in [4.69, 9.17) is 16.1 Å². The smallest absolute Gasteiger partial charge is 0.196 e. The lowest BCUT2D eigenvalue weighted by atomic mass is 10.2. The topological polar surface area (TPSA) is 56.7 Å². The van der Waals surface area contributed by atoms with Crippen molar-refractivity contribution in [2.45, 2.75) is 24.8 Å². The third kappa shape index (κ3) is 3.91. The van der Waals surface area contributed by atoms with Crippen molar-refractivity contribution in [1.82, 2.24) is 19.9 Å². The Morgan fingerprint density at radius 1 is 1.00 bits per heavy atom. The van der Waals surface area contributed by atoms with Crippen LogP contribution in [-0.4, -0.2) is 19.9 Å². The zero-order chi connectivity index (χ0) is 18.8. The maximum Gasteiger partial charge on any atom is 0.196 e. The van der Waals surface area contributed by atoms with Gasteiger partial charge in [0.05, 0.1) is 5.69 Å². The molecule has 2 aromatic heterocycles. The fourth-order valence-electron chi connectivity index (χ4n) is 2.70. The number of benzene rings is 2. The van der Waals surface area contributed by atoms with Crippen LogP contribution in [0.15, 0.2) is 64.3 Å². The van der Waals surface area contributed by atoms with Crippen LogP contribution in [0.4, 0.5) is 0 Å². The molecule has 0 radical (unpaired) electrons. The average molecular weight is 397 g/mol. The van der Waals surface area contributed by atoms with Crippen molar-refractivity contribution in [3.63, 3.8) is 0 Å². The zero-order valence-electron chi connectivity index (χ0n) is 14.9. The van der Waals surface area contributed by atoms with Gasteiger partial charge in [-0.15, -0.1) is 10.2 Å². The number of aryl methyl sites for hydroxylation is 2. The minimum Gasteiger partial charge on any atom is -0.361 e. The summed E-state index contributed by atoms with van der Waals surface area (Å²) in [5, 5.41) is 14.4. The SMILES string of the molecule is Cc1ccc(-n2c(SCc3cc(C)on3)nnc2-c2ccc(Cl)cc2)cc1. The average Bonchev–Trinajstić information content (AvgIpc) is 3.27. The lowest BCUT2D eigenvalue weighted by Crippen LogP contribution is -2.00. The number of rotatable bonds is 5. The van der Waals surface area contributed by atoms with Gasteiger partial charge in [0.1, 0.15) is 5.76 Å². The third-order valence-electron chi connectivity index (χ3n) is 4.05. The molecule has 0 unspecified atom stereocenters. The molecule has 2 heterocycles. The summed E-state index contributed by atoms with van der Waals surface area (Å²) in [5.41, 5.74) is 4.04. The maximum atomic E-state index is 6.04. The molecule has 0 aliphatic rings. The molecule has 0 amide bonds. The summed E-state index contributed by atoms with van der Waals surface area (Å²) < 4.78 is 7.20. The summed E-state index contributed by atoms with van der Waals surface area (Å²) in [6, 6.07) is 17.8. The summed E-state index contributed by atoms with van der Waals surface area (Å²) >= 11 is 7.61. The van der Waals surface area contributed by atoms with Crippen LogP contribution in [0.5, 0.6) is 0 Å². The van der Waals surface area contributed by atoms with Gasteiger partial charge >= 0.3 is 0 Å². The molecular formula is C20H17ClN4OS. The first-order valence-electron chi connectivity index (χ1n) is 8.43. The lowest BCUT2D eigenvalue weighted by Gasteiger charge is -2.10. The van der Waals surface area contributed by atoms with E-state index in [1.54, 1.807) is 11.8 Å². The predicted molar refractivity (Wildman–Crippen MR) is 107 cm³/mol. The summed E-state index contributed by atoms with van der Waals surface area (Å²) in [4.78, 5) is 0. The number of hydrogen-bond donors (Lipinski definition) is 0. The minimum absolute atomic E-state index is 0.655. The van der Waals surface area contributed by atoms with Gasteiger partial charge < -0.3 is 4.52 Å². The van der Waals surface area contributed by atoms with E-state index in [1.165, 1.54) is 5.56 Å². The van der Waals surface area contributed by atoms with Gasteiger partial charge in [-0.2, -0.15) is 0 Å². The first-order chi connectivity index (χ1) is 13.1. The normalized spacial score (nSPS) is 11.1. The molecular weight excluding hydrogens is 380 g/mol. The number of aromatic nitrogens is 4. The quantitative estimate of drug-likeness (QED) is 0.418. The fraction of sp³-hybridized carbons (Fsp3) is 0.150. The Morgan fingerprint density at radius 2 is 1.74 bits per heavy atom. The Bertz CT molecular complexity index is 1050. The van der Waals surface area contributed by atoms with Gasteiger partial charge in [-0.3, -0.25) is 4.57 Å². The van der Waals surface area contributed by atoms with Crippen LogP contribution in [0.1, 0.15) is 17.0 Å². The fourth-order valence-corrected chi connectivity index (χ4v) is 3.66. The van der Waals surface area contributed by atoms with E-state index in [1.807, 2.05) is 37.3 Å². The molecule has 4 rings (SSSR count). The molecule has 0 aliphatic heterocycles. The molecule has 2 aromatic carbocycles. The summed E-state index contributed by atoms with van der Waals surface area (Å²) in [5.74, 6) is 2.23. The summed E-state index contributed by atoms with van der Waals surface area (Å²) in [6.45, 7) is 3.95. The Labute approximate surface area is 166 Å². The third-order valence-corrected chi connectivity index (χ3v) is 5.27. The highest BCUT2D eigenvalue weighted by molar-refractivity contribution is 7.98. The first-order valence-corrected chi connectivity index (χ1v) is 9.80. The highest BCUT2D eigenvalue weighted by Gasteiger charge is 2.17. The van der Waals surface area contributed by atoms with E-state index < -0.39 is 0 Å². The van der Waals surface area contributed by atoms with E-state index >= 15 is 0 Å². The minimum atomic E-state index is 0.655. The molecule has 0 atom stereocenters. The largest absolute Gasteiger partial charge is 0.361 e. The van der Waals surface area contributed by atoms with Crippen molar-refractivity contribution in [2.75, 3.05) is 0 Å². The van der Waals surface area contributed by atoms with E-state index in [0.717, 1.165) is 33.7 Å². The van der Waals surface area contributed by atoms with Crippen molar-refractivity contribution in [3.05, 3.63) is 76.6 Å². The van der Waals surface area contributed by atoms with Crippen LogP contribution in [0.3, 0.4) is 0 Å². The van der Waals surface area contributed by atoms with Crippen LogP contribution < -0.4 is 0 Å². The number of nitrogens with zero attached hydrogens (tertiary/aromatic N) is 4. The van der Waals surface area contributed by atoms with Gasteiger partial charge in [-0.1, -0.05) is 46.2 Å². The molecule has 0 bridgehead atoms. The van der Waals surface area contributed by atoms with Crippen molar-refractivity contribution >= 4 is 23.4 Å². The highest BCUT2D eigenvalue weighted by atomic mass is 35.5. The van der Waals surface area contributed by atoms with Crippen molar-refractivity contribution < 1.29 is 4.52 Å². The predicted octanol–water partition coefficient (Wildman–Crippen LogP) is 5.48. The van der Waals surface area contributed by atoms with Gasteiger partial charge in [-0.05, 0) is 50.2 Å². The van der Waals surface area contributed by atoms with Crippen LogP contribution in [0, 0.1) is 13.8 Å². The molecule has 136 valence electrons. The van der Waals surface area contributed by atoms with Crippen LogP contribution >= 0.6 is 23.4 Å². The Balaban J connectivity index is 1.74. The van der Waals surface area contributed by atoms with E-state index in [9.17, 15) is 0 Å². The standard InChI is InChI=1S/C20H17ClN4OS/c1-13-3-9-18(10-4-13)25-19(15-5-7-16(21)8-6-15)22-23-20(25)27-12-17-11-14(2)26-24-17/h3-11H,12H2,1-2H3. The van der Waals surface area contributed by atoms with Gasteiger partial charge in [0.15, 0.2) is 11.0 Å². The Kier molecular flexibility index (Phi) is 5.01. The van der Waals surface area contributed by atoms with Gasteiger partial charge in [0, 0.05) is 28.1 Å². The van der Waals surface area contributed by atoms with Crippen molar-refractivity contribution in [1.29, 1.82) is 0 Å². The zero-order valence-corrected chi connectivity index (χ0v) is 16.5. The second-order valence-electron chi connectivity index (χ2n) is 6.20. The Morgan fingerprint density at radius 3 is 2.41 bits per heavy atom. The molecule has 4 aromatic rings. The van der Waals surface area contributed by atoms with Crippen LogP contribution in [0.2, 0.25) is 5.02 Å². The molecule has 7 heteroatoms. The molecule has 0 fully saturated rings. The van der Waals surface area contributed by atoms with Gasteiger partial charge in [0.2, 0.25) is 0 Å². The van der Waals surface area contributed by atoms with Crippen LogP contribution in [-0.2, 0) is 5.75 Å². The summed E-state index contributed by atoms with van der Waals surface area (Å²) in [7, 11) is 0. The van der Waals surface area contributed by atoms with E-state index in [2.05, 4.69) is 51.1 Å². The molecule has 0 aliphatic carbocycles. The number of halogens is 1. The van der Waals surface area contributed by atoms with E-state index in [0.29, 0.717) is 10.8 Å². The number of thioether (sulfide) groups is 1. The molecule has 27 heavy (non-hydrogen) atoms. The van der Waals surface area contributed by atoms with Crippen molar-refractivity contribution in [2.24, 2.45) is 0 Å². The van der Waals surface area contributed by atoms with E-state index in [-0.39, 0.29) is 0 Å². The second kappa shape index (κ2) is 7.58. The molecule has 0 N–H and O–H groups in total. The van der Waals surface area contributed by atoms with Gasteiger partial charge in [-0.25, -0.2) is 0 Å². The van der Waals surface area contributed by atoms with Gasteiger partial charge in [0.25, 0.3) is 0 Å². The van der Waals surface area contributed by atoms with Crippen molar-refractivity contribution in [3.8, 4) is 17.1 Å². The molecule has 0 saturated heterocycles. The highest BCUT2D eigenvalue weighted by Crippen LogP contribution is 2.30.